The van der Waals surface area contributed by atoms with Crippen LogP contribution in [0.25, 0.3) is 11.5 Å². The molecule has 0 amide bonds. The number of anilines is 1. The Morgan fingerprint density at radius 2 is 1.83 bits per heavy atom. The van der Waals surface area contributed by atoms with Gasteiger partial charge in [-0.2, -0.15) is 0 Å². The molecule has 0 bridgehead atoms. The Morgan fingerprint density at radius 3 is 2.50 bits per heavy atom. The maximum Gasteiger partial charge on any atom is 0.313 e. The maximum absolute atomic E-state index is 5.88. The third kappa shape index (κ3) is 3.78. The largest absolute Gasteiger partial charge is 0.490 e. The van der Waals surface area contributed by atoms with Gasteiger partial charge in [-0.25, -0.2) is 0 Å². The van der Waals surface area contributed by atoms with Crippen LogP contribution in [0.3, 0.4) is 0 Å². The molecule has 6 nitrogen and oxygen atoms in total. The molecule has 124 valence electrons. The molecular formula is C17H16ClN3O3. The molecule has 0 aliphatic rings. The lowest BCUT2D eigenvalue weighted by Gasteiger charge is -2.12. The highest BCUT2D eigenvalue weighted by Gasteiger charge is 2.12. The van der Waals surface area contributed by atoms with Gasteiger partial charge >= 0.3 is 6.01 Å². The molecule has 1 heterocycles. The van der Waals surface area contributed by atoms with Gasteiger partial charge in [0.25, 0.3) is 0 Å². The van der Waals surface area contributed by atoms with E-state index in [-0.39, 0.29) is 6.01 Å². The van der Waals surface area contributed by atoms with Crippen LogP contribution in [0.2, 0.25) is 5.02 Å². The van der Waals surface area contributed by atoms with E-state index in [1.165, 1.54) is 0 Å². The van der Waals surface area contributed by atoms with Crippen molar-refractivity contribution < 1.29 is 13.9 Å². The fourth-order valence-electron chi connectivity index (χ4n) is 2.12. The van der Waals surface area contributed by atoms with Crippen LogP contribution in [0.1, 0.15) is 12.5 Å². The van der Waals surface area contributed by atoms with E-state index in [4.69, 9.17) is 31.2 Å². The Bertz CT molecular complexity index is 818. The molecule has 0 radical (unpaired) electrons. The lowest BCUT2D eigenvalue weighted by molar-refractivity contribution is 0.269. The van der Waals surface area contributed by atoms with Crippen molar-refractivity contribution in [2.75, 3.05) is 12.3 Å². The van der Waals surface area contributed by atoms with Crippen molar-refractivity contribution in [3.8, 4) is 23.0 Å². The predicted octanol–water partition coefficient (Wildman–Crippen LogP) is 3.95. The van der Waals surface area contributed by atoms with Gasteiger partial charge in [-0.1, -0.05) is 28.8 Å². The van der Waals surface area contributed by atoms with E-state index in [0.29, 0.717) is 41.2 Å². The molecule has 0 atom stereocenters. The molecule has 2 N–H and O–H groups in total. The highest BCUT2D eigenvalue weighted by molar-refractivity contribution is 6.30. The average molecular weight is 346 g/mol. The molecule has 0 unspecified atom stereocenters. The van der Waals surface area contributed by atoms with Crippen LogP contribution in [0, 0.1) is 0 Å². The standard InChI is InChI=1S/C17H16ClN3O3/c1-2-22-15-9-12(16-20-21-17(19)24-16)5-8-14(15)23-10-11-3-6-13(18)7-4-11/h3-9H,2,10H2,1H3,(H2,19,21). The molecule has 7 heteroatoms. The number of halogens is 1. The molecule has 0 aliphatic carbocycles. The number of hydrogen-bond acceptors (Lipinski definition) is 6. The van der Waals surface area contributed by atoms with Crippen molar-refractivity contribution in [1.29, 1.82) is 0 Å². The number of benzene rings is 2. The van der Waals surface area contributed by atoms with Gasteiger partial charge in [0.15, 0.2) is 11.5 Å². The van der Waals surface area contributed by atoms with Crippen molar-refractivity contribution in [2.24, 2.45) is 0 Å². The van der Waals surface area contributed by atoms with Gasteiger partial charge < -0.3 is 19.6 Å². The van der Waals surface area contributed by atoms with E-state index in [0.717, 1.165) is 5.56 Å². The zero-order valence-corrected chi connectivity index (χ0v) is 13.8. The Balaban J connectivity index is 1.80. The molecule has 24 heavy (non-hydrogen) atoms. The Labute approximate surface area is 144 Å². The zero-order chi connectivity index (χ0) is 16.9. The number of aromatic nitrogens is 2. The third-order valence-electron chi connectivity index (χ3n) is 3.24. The highest BCUT2D eigenvalue weighted by Crippen LogP contribution is 2.33. The van der Waals surface area contributed by atoms with Crippen molar-refractivity contribution in [1.82, 2.24) is 10.2 Å². The normalized spacial score (nSPS) is 10.6. The molecule has 2 aromatic carbocycles. The Hall–Kier alpha value is -2.73. The van der Waals surface area contributed by atoms with Crippen LogP contribution in [0.5, 0.6) is 11.5 Å². The second-order valence-corrected chi connectivity index (χ2v) is 5.39. The van der Waals surface area contributed by atoms with Crippen LogP contribution in [-0.2, 0) is 6.61 Å². The summed E-state index contributed by atoms with van der Waals surface area (Å²) in [5.74, 6) is 1.56. The number of hydrogen-bond donors (Lipinski definition) is 1. The maximum atomic E-state index is 5.88. The SMILES string of the molecule is CCOc1cc(-c2nnc(N)o2)ccc1OCc1ccc(Cl)cc1. The summed E-state index contributed by atoms with van der Waals surface area (Å²) in [5.41, 5.74) is 7.18. The van der Waals surface area contributed by atoms with Crippen LogP contribution >= 0.6 is 11.6 Å². The molecule has 0 aliphatic heterocycles. The molecule has 1 aromatic heterocycles. The summed E-state index contributed by atoms with van der Waals surface area (Å²) in [5, 5.41) is 8.21. The fraction of sp³-hybridized carbons (Fsp3) is 0.176. The second-order valence-electron chi connectivity index (χ2n) is 4.96. The van der Waals surface area contributed by atoms with Gasteiger partial charge in [0.2, 0.25) is 5.89 Å². The lowest BCUT2D eigenvalue weighted by atomic mass is 10.2. The summed E-state index contributed by atoms with van der Waals surface area (Å²) in [6, 6.07) is 12.9. The van der Waals surface area contributed by atoms with Crippen molar-refractivity contribution in [3.05, 3.63) is 53.1 Å². The van der Waals surface area contributed by atoms with E-state index >= 15 is 0 Å². The first-order valence-corrected chi connectivity index (χ1v) is 7.77. The number of nitrogens with zero attached hydrogens (tertiary/aromatic N) is 2. The van der Waals surface area contributed by atoms with E-state index in [1.54, 1.807) is 12.1 Å². The van der Waals surface area contributed by atoms with E-state index in [2.05, 4.69) is 10.2 Å². The topological polar surface area (TPSA) is 83.4 Å². The van der Waals surface area contributed by atoms with Gasteiger partial charge in [-0.3, -0.25) is 0 Å². The zero-order valence-electron chi connectivity index (χ0n) is 13.0. The molecule has 0 spiro atoms. The molecule has 0 fully saturated rings. The minimum atomic E-state index is 0.0195. The number of nitrogens with two attached hydrogens (primary N) is 1. The van der Waals surface area contributed by atoms with Gasteiger partial charge in [0.05, 0.1) is 6.61 Å². The number of nitrogen functional groups attached to an aromatic ring is 1. The van der Waals surface area contributed by atoms with E-state index < -0.39 is 0 Å². The van der Waals surface area contributed by atoms with Crippen LogP contribution in [0.15, 0.2) is 46.9 Å². The second kappa shape index (κ2) is 7.23. The fourth-order valence-corrected chi connectivity index (χ4v) is 2.25. The molecule has 0 saturated heterocycles. The predicted molar refractivity (Wildman–Crippen MR) is 91.1 cm³/mol. The summed E-state index contributed by atoms with van der Waals surface area (Å²) in [4.78, 5) is 0. The first kappa shape index (κ1) is 16.1. The van der Waals surface area contributed by atoms with Crippen molar-refractivity contribution in [3.63, 3.8) is 0 Å². The lowest BCUT2D eigenvalue weighted by Crippen LogP contribution is -2.00. The van der Waals surface area contributed by atoms with E-state index in [9.17, 15) is 0 Å². The van der Waals surface area contributed by atoms with Crippen molar-refractivity contribution >= 4 is 17.6 Å². The monoisotopic (exact) mass is 345 g/mol. The van der Waals surface area contributed by atoms with E-state index in [1.807, 2.05) is 37.3 Å². The average Bonchev–Trinajstić information content (AvgIpc) is 3.02. The minimum absolute atomic E-state index is 0.0195. The van der Waals surface area contributed by atoms with Gasteiger partial charge in [-0.15, -0.1) is 5.10 Å². The van der Waals surface area contributed by atoms with Crippen LogP contribution < -0.4 is 15.2 Å². The highest BCUT2D eigenvalue weighted by atomic mass is 35.5. The summed E-state index contributed by atoms with van der Waals surface area (Å²) in [7, 11) is 0. The van der Waals surface area contributed by atoms with Gasteiger partial charge in [0, 0.05) is 10.6 Å². The van der Waals surface area contributed by atoms with Gasteiger partial charge in [-0.05, 0) is 42.8 Å². The summed E-state index contributed by atoms with van der Waals surface area (Å²) in [6.45, 7) is 2.82. The first-order chi connectivity index (χ1) is 11.7. The quantitative estimate of drug-likeness (QED) is 0.728. The Kier molecular flexibility index (Phi) is 4.86. The molecule has 3 rings (SSSR count). The Morgan fingerprint density at radius 1 is 1.04 bits per heavy atom. The number of rotatable bonds is 6. The molecular weight excluding hydrogens is 330 g/mol. The third-order valence-corrected chi connectivity index (χ3v) is 3.49. The molecule has 0 saturated carbocycles. The first-order valence-electron chi connectivity index (χ1n) is 7.39. The number of ether oxygens (including phenoxy) is 2. The van der Waals surface area contributed by atoms with Crippen molar-refractivity contribution in [2.45, 2.75) is 13.5 Å². The van der Waals surface area contributed by atoms with Crippen LogP contribution in [0.4, 0.5) is 6.01 Å². The van der Waals surface area contributed by atoms with Crippen LogP contribution in [-0.4, -0.2) is 16.8 Å². The summed E-state index contributed by atoms with van der Waals surface area (Å²) < 4.78 is 16.7. The molecule has 3 aromatic rings. The summed E-state index contributed by atoms with van der Waals surface area (Å²) in [6.07, 6.45) is 0. The minimum Gasteiger partial charge on any atom is -0.490 e. The summed E-state index contributed by atoms with van der Waals surface area (Å²) >= 11 is 5.88. The van der Waals surface area contributed by atoms with Gasteiger partial charge in [0.1, 0.15) is 6.61 Å². The smallest absolute Gasteiger partial charge is 0.313 e.